The number of hydrogen-bond acceptors (Lipinski definition) is 2. The fourth-order valence-electron chi connectivity index (χ4n) is 1.27. The Morgan fingerprint density at radius 3 is 2.19 bits per heavy atom. The third-order valence-corrected chi connectivity index (χ3v) is 2.74. The van der Waals surface area contributed by atoms with Gasteiger partial charge in [-0.3, -0.25) is 0 Å². The zero-order chi connectivity index (χ0) is 12.8. The van der Waals surface area contributed by atoms with E-state index in [-0.39, 0.29) is 12.5 Å². The molecule has 2 unspecified atom stereocenters. The summed E-state index contributed by atoms with van der Waals surface area (Å²) in [6.07, 6.45) is -3.92. The molecule has 0 aliphatic rings. The van der Waals surface area contributed by atoms with Crippen LogP contribution in [-0.4, -0.2) is 43.8 Å². The SMILES string of the molecule is CC(CCCC(F)(F)F)NCC(C)N(C)C. The highest BCUT2D eigenvalue weighted by atomic mass is 19.4. The van der Waals surface area contributed by atoms with Crippen molar-refractivity contribution in [2.45, 2.75) is 51.4 Å². The number of alkyl halides is 3. The molecule has 0 rings (SSSR count). The van der Waals surface area contributed by atoms with E-state index < -0.39 is 12.6 Å². The highest BCUT2D eigenvalue weighted by Crippen LogP contribution is 2.22. The second kappa shape index (κ2) is 7.12. The zero-order valence-corrected chi connectivity index (χ0v) is 10.6. The lowest BCUT2D eigenvalue weighted by Gasteiger charge is -2.22. The van der Waals surface area contributed by atoms with Gasteiger partial charge >= 0.3 is 6.18 Å². The lowest BCUT2D eigenvalue weighted by molar-refractivity contribution is -0.135. The number of nitrogens with one attached hydrogen (secondary N) is 1. The van der Waals surface area contributed by atoms with Crippen LogP contribution >= 0.6 is 0 Å². The Bertz CT molecular complexity index is 181. The van der Waals surface area contributed by atoms with Crippen molar-refractivity contribution in [3.63, 3.8) is 0 Å². The van der Waals surface area contributed by atoms with Crippen LogP contribution < -0.4 is 5.32 Å². The molecule has 0 fully saturated rings. The average Bonchev–Trinajstić information content (AvgIpc) is 2.11. The van der Waals surface area contributed by atoms with Crippen LogP contribution in [0.3, 0.4) is 0 Å². The van der Waals surface area contributed by atoms with Crippen LogP contribution in [0.5, 0.6) is 0 Å². The molecule has 16 heavy (non-hydrogen) atoms. The predicted molar refractivity (Wildman–Crippen MR) is 60.5 cm³/mol. The summed E-state index contributed by atoms with van der Waals surface area (Å²) in [6, 6.07) is 0.537. The highest BCUT2D eigenvalue weighted by molar-refractivity contribution is 4.68. The Morgan fingerprint density at radius 2 is 1.75 bits per heavy atom. The van der Waals surface area contributed by atoms with E-state index in [1.54, 1.807) is 0 Å². The van der Waals surface area contributed by atoms with Gasteiger partial charge in [-0.15, -0.1) is 0 Å². The van der Waals surface area contributed by atoms with Crippen LogP contribution in [0.25, 0.3) is 0 Å². The average molecular weight is 240 g/mol. The van der Waals surface area contributed by atoms with Gasteiger partial charge in [0.05, 0.1) is 0 Å². The first-order valence-corrected chi connectivity index (χ1v) is 5.69. The maximum atomic E-state index is 11.9. The van der Waals surface area contributed by atoms with E-state index in [9.17, 15) is 13.2 Å². The van der Waals surface area contributed by atoms with Gasteiger partial charge < -0.3 is 10.2 Å². The van der Waals surface area contributed by atoms with E-state index >= 15 is 0 Å². The molecule has 0 aromatic heterocycles. The second-order valence-corrected chi connectivity index (χ2v) is 4.63. The Hall–Kier alpha value is -0.290. The van der Waals surface area contributed by atoms with E-state index in [2.05, 4.69) is 17.1 Å². The van der Waals surface area contributed by atoms with Crippen LogP contribution in [-0.2, 0) is 0 Å². The summed E-state index contributed by atoms with van der Waals surface area (Å²) in [5.41, 5.74) is 0. The van der Waals surface area contributed by atoms with Gasteiger partial charge in [0.2, 0.25) is 0 Å². The smallest absolute Gasteiger partial charge is 0.313 e. The molecule has 0 bridgehead atoms. The minimum Gasteiger partial charge on any atom is -0.313 e. The molecule has 0 heterocycles. The Labute approximate surface area is 96.2 Å². The molecule has 0 aliphatic carbocycles. The standard InChI is InChI=1S/C11H23F3N2/c1-9(6-5-7-11(12,13)14)15-8-10(2)16(3)4/h9-10,15H,5-8H2,1-4H3. The minimum atomic E-state index is -4.02. The van der Waals surface area contributed by atoms with Crippen LogP contribution in [0.1, 0.15) is 33.1 Å². The summed E-state index contributed by atoms with van der Waals surface area (Å²) in [7, 11) is 3.97. The molecule has 2 nitrogen and oxygen atoms in total. The van der Waals surface area contributed by atoms with Crippen LogP contribution in [0.15, 0.2) is 0 Å². The fraction of sp³-hybridized carbons (Fsp3) is 1.00. The molecular formula is C11H23F3N2. The van der Waals surface area contributed by atoms with Crippen molar-refractivity contribution in [3.05, 3.63) is 0 Å². The molecule has 2 atom stereocenters. The molecule has 5 heteroatoms. The summed E-state index contributed by atoms with van der Waals surface area (Å²) >= 11 is 0. The quantitative estimate of drug-likeness (QED) is 0.736. The highest BCUT2D eigenvalue weighted by Gasteiger charge is 2.26. The lowest BCUT2D eigenvalue weighted by Crippen LogP contribution is -2.39. The van der Waals surface area contributed by atoms with Crippen molar-refractivity contribution in [1.29, 1.82) is 0 Å². The summed E-state index contributed by atoms with van der Waals surface area (Å²) in [4.78, 5) is 2.08. The number of hydrogen-bond donors (Lipinski definition) is 1. The van der Waals surface area contributed by atoms with E-state index in [1.165, 1.54) is 0 Å². The molecule has 98 valence electrons. The summed E-state index contributed by atoms with van der Waals surface area (Å²) in [6.45, 7) is 4.81. The molecule has 0 aromatic rings. The topological polar surface area (TPSA) is 15.3 Å². The van der Waals surface area contributed by atoms with Gasteiger partial charge in [0.25, 0.3) is 0 Å². The predicted octanol–water partition coefficient (Wildman–Crippen LogP) is 2.65. The van der Waals surface area contributed by atoms with E-state index in [0.717, 1.165) is 6.54 Å². The Balaban J connectivity index is 3.56. The van der Waals surface area contributed by atoms with Crippen LogP contribution in [0, 0.1) is 0 Å². The van der Waals surface area contributed by atoms with Crippen LogP contribution in [0.4, 0.5) is 13.2 Å². The first-order valence-electron chi connectivity index (χ1n) is 5.69. The molecule has 0 aliphatic heterocycles. The second-order valence-electron chi connectivity index (χ2n) is 4.63. The van der Waals surface area contributed by atoms with Crippen molar-refractivity contribution in [2.75, 3.05) is 20.6 Å². The minimum absolute atomic E-state index is 0.143. The summed E-state index contributed by atoms with van der Waals surface area (Å²) in [5.74, 6) is 0. The van der Waals surface area contributed by atoms with Crippen LogP contribution in [0.2, 0.25) is 0 Å². The molecule has 0 amide bonds. The summed E-state index contributed by atoms with van der Waals surface area (Å²) in [5, 5.41) is 3.24. The first kappa shape index (κ1) is 15.7. The first-order chi connectivity index (χ1) is 7.22. The molecular weight excluding hydrogens is 217 g/mol. The summed E-state index contributed by atoms with van der Waals surface area (Å²) < 4.78 is 35.7. The number of nitrogens with zero attached hydrogens (tertiary/aromatic N) is 1. The van der Waals surface area contributed by atoms with Gasteiger partial charge in [-0.05, 0) is 40.8 Å². The van der Waals surface area contributed by atoms with E-state index in [4.69, 9.17) is 0 Å². The fourth-order valence-corrected chi connectivity index (χ4v) is 1.27. The molecule has 0 aromatic carbocycles. The number of likely N-dealkylation sites (N-methyl/N-ethyl adjacent to an activating group) is 1. The van der Waals surface area contributed by atoms with Gasteiger partial charge in [-0.1, -0.05) is 0 Å². The van der Waals surface area contributed by atoms with Gasteiger partial charge in [-0.25, -0.2) is 0 Å². The van der Waals surface area contributed by atoms with Crippen molar-refractivity contribution in [1.82, 2.24) is 10.2 Å². The third kappa shape index (κ3) is 8.97. The van der Waals surface area contributed by atoms with Gasteiger partial charge in [0.15, 0.2) is 0 Å². The van der Waals surface area contributed by atoms with E-state index in [1.807, 2.05) is 21.0 Å². The normalized spacial score (nSPS) is 16.5. The molecule has 0 saturated heterocycles. The Kier molecular flexibility index (Phi) is 6.99. The Morgan fingerprint density at radius 1 is 1.19 bits per heavy atom. The van der Waals surface area contributed by atoms with Gasteiger partial charge in [0.1, 0.15) is 0 Å². The zero-order valence-electron chi connectivity index (χ0n) is 10.6. The molecule has 1 N–H and O–H groups in total. The number of rotatable bonds is 7. The number of halogens is 3. The van der Waals surface area contributed by atoms with E-state index in [0.29, 0.717) is 12.5 Å². The molecule has 0 radical (unpaired) electrons. The lowest BCUT2D eigenvalue weighted by atomic mass is 10.1. The molecule has 0 saturated carbocycles. The van der Waals surface area contributed by atoms with Crippen molar-refractivity contribution in [2.24, 2.45) is 0 Å². The van der Waals surface area contributed by atoms with Crippen molar-refractivity contribution >= 4 is 0 Å². The van der Waals surface area contributed by atoms with Crippen molar-refractivity contribution in [3.8, 4) is 0 Å². The maximum absolute atomic E-state index is 11.9. The van der Waals surface area contributed by atoms with Gasteiger partial charge in [0, 0.05) is 25.0 Å². The third-order valence-electron chi connectivity index (χ3n) is 2.74. The maximum Gasteiger partial charge on any atom is 0.389 e. The monoisotopic (exact) mass is 240 g/mol. The molecule has 0 spiro atoms. The largest absolute Gasteiger partial charge is 0.389 e. The van der Waals surface area contributed by atoms with Crippen molar-refractivity contribution < 1.29 is 13.2 Å². The van der Waals surface area contributed by atoms with Gasteiger partial charge in [-0.2, -0.15) is 13.2 Å².